The quantitative estimate of drug-likeness (QED) is 0.865. The molecule has 4 heteroatoms. The molecule has 1 aromatic rings. The minimum absolute atomic E-state index is 0.0579. The predicted octanol–water partition coefficient (Wildman–Crippen LogP) is 3.14. The number of carbonyl (C=O) groups excluding carboxylic acids is 1. The number of halogens is 2. The van der Waals surface area contributed by atoms with Crippen LogP contribution < -0.4 is 5.73 Å². The maximum atomic E-state index is 13.6. The van der Waals surface area contributed by atoms with Crippen LogP contribution in [0, 0.1) is 11.7 Å². The van der Waals surface area contributed by atoms with Crippen molar-refractivity contribution in [1.82, 2.24) is 0 Å². The highest BCUT2D eigenvalue weighted by Gasteiger charge is 2.20. The van der Waals surface area contributed by atoms with Gasteiger partial charge in [0, 0.05) is 0 Å². The molecule has 0 radical (unpaired) electrons. The van der Waals surface area contributed by atoms with Crippen molar-refractivity contribution in [3.63, 3.8) is 0 Å². The number of benzene rings is 1. The summed E-state index contributed by atoms with van der Waals surface area (Å²) in [6.07, 6.45) is 0.560. The van der Waals surface area contributed by atoms with Crippen LogP contribution in [0.2, 0.25) is 0 Å². The molecule has 0 saturated carbocycles. The fraction of sp³-hybridized carbons (Fsp3) is 0.417. The Hall–Kier alpha value is -0.740. The van der Waals surface area contributed by atoms with Crippen LogP contribution >= 0.6 is 15.9 Å². The number of hydrogen-bond acceptors (Lipinski definition) is 2. The van der Waals surface area contributed by atoms with Crippen LogP contribution in [0.25, 0.3) is 0 Å². The first-order chi connectivity index (χ1) is 7.43. The number of hydrogen-bond donors (Lipinski definition) is 1. The van der Waals surface area contributed by atoms with E-state index in [9.17, 15) is 9.18 Å². The van der Waals surface area contributed by atoms with E-state index < -0.39 is 11.9 Å². The molecule has 0 amide bonds. The van der Waals surface area contributed by atoms with Crippen LogP contribution in [0.4, 0.5) is 4.39 Å². The second-order valence-corrected chi connectivity index (χ2v) is 5.06. The summed E-state index contributed by atoms with van der Waals surface area (Å²) < 4.78 is 13.9. The van der Waals surface area contributed by atoms with E-state index in [4.69, 9.17) is 5.73 Å². The molecular formula is C12H15BrFNO. The topological polar surface area (TPSA) is 43.1 Å². The normalized spacial score (nSPS) is 12.9. The van der Waals surface area contributed by atoms with Gasteiger partial charge in [0.1, 0.15) is 5.82 Å². The first-order valence-electron chi connectivity index (χ1n) is 5.17. The standard InChI is InChI=1S/C12H15BrFNO/c1-7(2)6-10(15)12(16)8-4-3-5-9(13)11(8)14/h3-5,7,10H,6,15H2,1-2H3. The molecule has 88 valence electrons. The summed E-state index contributed by atoms with van der Waals surface area (Å²) in [6.45, 7) is 3.95. The second kappa shape index (κ2) is 5.55. The average molecular weight is 288 g/mol. The molecule has 2 N–H and O–H groups in total. The third kappa shape index (κ3) is 3.12. The molecule has 0 spiro atoms. The Labute approximate surface area is 103 Å². The Kier molecular flexibility index (Phi) is 4.62. The number of rotatable bonds is 4. The molecule has 1 rings (SSSR count). The summed E-state index contributed by atoms with van der Waals surface area (Å²) in [5.74, 6) is -0.562. The van der Waals surface area contributed by atoms with Gasteiger partial charge in [0.05, 0.1) is 16.1 Å². The van der Waals surface area contributed by atoms with Crippen molar-refractivity contribution in [2.45, 2.75) is 26.3 Å². The molecule has 1 unspecified atom stereocenters. The van der Waals surface area contributed by atoms with Gasteiger partial charge in [0.15, 0.2) is 5.78 Å². The lowest BCUT2D eigenvalue weighted by atomic mass is 9.96. The highest BCUT2D eigenvalue weighted by Crippen LogP contribution is 2.20. The molecule has 0 aromatic heterocycles. The van der Waals surface area contributed by atoms with Crippen LogP contribution in [0.1, 0.15) is 30.6 Å². The van der Waals surface area contributed by atoms with Crippen LogP contribution in [0.15, 0.2) is 22.7 Å². The van der Waals surface area contributed by atoms with E-state index in [0.29, 0.717) is 12.3 Å². The van der Waals surface area contributed by atoms with Crippen LogP contribution in [0.5, 0.6) is 0 Å². The molecule has 0 bridgehead atoms. The van der Waals surface area contributed by atoms with Crippen molar-refractivity contribution < 1.29 is 9.18 Å². The second-order valence-electron chi connectivity index (χ2n) is 4.20. The first-order valence-corrected chi connectivity index (χ1v) is 5.96. The van der Waals surface area contributed by atoms with Crippen LogP contribution in [-0.4, -0.2) is 11.8 Å². The van der Waals surface area contributed by atoms with Gasteiger partial charge in [-0.05, 0) is 40.4 Å². The Balaban J connectivity index is 2.92. The fourth-order valence-corrected chi connectivity index (χ4v) is 1.87. The molecule has 0 fully saturated rings. The summed E-state index contributed by atoms with van der Waals surface area (Å²) in [5.41, 5.74) is 5.80. The van der Waals surface area contributed by atoms with Crippen molar-refractivity contribution in [2.75, 3.05) is 0 Å². The maximum Gasteiger partial charge on any atom is 0.182 e. The van der Waals surface area contributed by atoms with Gasteiger partial charge in [-0.1, -0.05) is 19.9 Å². The van der Waals surface area contributed by atoms with E-state index >= 15 is 0 Å². The monoisotopic (exact) mass is 287 g/mol. The molecule has 0 aliphatic heterocycles. The SMILES string of the molecule is CC(C)CC(N)C(=O)c1cccc(Br)c1F. The molecule has 2 nitrogen and oxygen atoms in total. The zero-order valence-electron chi connectivity index (χ0n) is 9.34. The van der Waals surface area contributed by atoms with Crippen LogP contribution in [-0.2, 0) is 0 Å². The number of carbonyl (C=O) groups is 1. The van der Waals surface area contributed by atoms with E-state index in [-0.39, 0.29) is 15.8 Å². The van der Waals surface area contributed by atoms with E-state index in [1.54, 1.807) is 12.1 Å². The van der Waals surface area contributed by atoms with E-state index in [1.807, 2.05) is 13.8 Å². The van der Waals surface area contributed by atoms with Gasteiger partial charge in [-0.3, -0.25) is 4.79 Å². The van der Waals surface area contributed by atoms with Gasteiger partial charge in [0.25, 0.3) is 0 Å². The average Bonchev–Trinajstić information content (AvgIpc) is 2.20. The Morgan fingerprint density at radius 1 is 1.50 bits per heavy atom. The smallest absolute Gasteiger partial charge is 0.182 e. The zero-order valence-corrected chi connectivity index (χ0v) is 10.9. The van der Waals surface area contributed by atoms with Crippen molar-refractivity contribution in [3.8, 4) is 0 Å². The van der Waals surface area contributed by atoms with Crippen molar-refractivity contribution >= 4 is 21.7 Å². The van der Waals surface area contributed by atoms with E-state index in [2.05, 4.69) is 15.9 Å². The summed E-state index contributed by atoms with van der Waals surface area (Å²) in [6, 6.07) is 4.01. The Bertz CT molecular complexity index is 393. The largest absolute Gasteiger partial charge is 0.321 e. The van der Waals surface area contributed by atoms with Crippen LogP contribution in [0.3, 0.4) is 0 Å². The number of nitrogens with two attached hydrogens (primary N) is 1. The predicted molar refractivity (Wildman–Crippen MR) is 65.9 cm³/mol. The van der Waals surface area contributed by atoms with Crippen molar-refractivity contribution in [2.24, 2.45) is 11.7 Å². The lowest BCUT2D eigenvalue weighted by Crippen LogP contribution is -2.32. The summed E-state index contributed by atoms with van der Waals surface area (Å²) >= 11 is 3.05. The highest BCUT2D eigenvalue weighted by molar-refractivity contribution is 9.10. The molecule has 0 saturated heterocycles. The van der Waals surface area contributed by atoms with E-state index in [1.165, 1.54) is 6.07 Å². The van der Waals surface area contributed by atoms with E-state index in [0.717, 1.165) is 0 Å². The lowest BCUT2D eigenvalue weighted by Gasteiger charge is -2.13. The number of ketones is 1. The molecule has 0 aliphatic rings. The van der Waals surface area contributed by atoms with Gasteiger partial charge >= 0.3 is 0 Å². The Morgan fingerprint density at radius 3 is 2.69 bits per heavy atom. The summed E-state index contributed by atoms with van der Waals surface area (Å²) in [7, 11) is 0. The minimum Gasteiger partial charge on any atom is -0.321 e. The fourth-order valence-electron chi connectivity index (χ4n) is 1.51. The van der Waals surface area contributed by atoms with Gasteiger partial charge in [-0.25, -0.2) is 4.39 Å². The molecule has 1 aromatic carbocycles. The zero-order chi connectivity index (χ0) is 12.3. The molecule has 0 heterocycles. The van der Waals surface area contributed by atoms with Gasteiger partial charge < -0.3 is 5.73 Å². The molecule has 16 heavy (non-hydrogen) atoms. The maximum absolute atomic E-state index is 13.6. The van der Waals surface area contributed by atoms with Gasteiger partial charge in [0.2, 0.25) is 0 Å². The summed E-state index contributed by atoms with van der Waals surface area (Å²) in [5, 5.41) is 0. The third-order valence-corrected chi connectivity index (χ3v) is 2.89. The number of Topliss-reactive ketones (excluding diaryl/α,β-unsaturated/α-hetero) is 1. The van der Waals surface area contributed by atoms with Gasteiger partial charge in [-0.2, -0.15) is 0 Å². The minimum atomic E-state index is -0.635. The summed E-state index contributed by atoms with van der Waals surface area (Å²) in [4.78, 5) is 11.9. The third-order valence-electron chi connectivity index (χ3n) is 2.28. The van der Waals surface area contributed by atoms with Gasteiger partial charge in [-0.15, -0.1) is 0 Å². The van der Waals surface area contributed by atoms with Crippen molar-refractivity contribution in [3.05, 3.63) is 34.1 Å². The first kappa shape index (κ1) is 13.3. The highest BCUT2D eigenvalue weighted by atomic mass is 79.9. The molecule has 1 atom stereocenters. The lowest BCUT2D eigenvalue weighted by molar-refractivity contribution is 0.0947. The molecular weight excluding hydrogens is 273 g/mol. The molecule has 0 aliphatic carbocycles. The van der Waals surface area contributed by atoms with Crippen molar-refractivity contribution in [1.29, 1.82) is 0 Å². The Morgan fingerprint density at radius 2 is 2.12 bits per heavy atom.